The lowest BCUT2D eigenvalue weighted by Crippen LogP contribution is -2.15. The number of non-ortho nitro benzene ring substituents is 1. The molecule has 2 aromatic carbocycles. The summed E-state index contributed by atoms with van der Waals surface area (Å²) in [6.07, 6.45) is -4.51. The van der Waals surface area contributed by atoms with Gasteiger partial charge in [-0.1, -0.05) is 0 Å². The highest BCUT2D eigenvalue weighted by Gasteiger charge is 2.30. The molecule has 0 unspecified atom stereocenters. The molecule has 0 aromatic heterocycles. The number of fused-ring (bicyclic) bond motifs is 1. The lowest BCUT2D eigenvalue weighted by atomic mass is 10.1. The van der Waals surface area contributed by atoms with Gasteiger partial charge < -0.3 is 14.2 Å². The van der Waals surface area contributed by atoms with Crippen molar-refractivity contribution in [1.82, 2.24) is 0 Å². The van der Waals surface area contributed by atoms with Gasteiger partial charge in [-0.15, -0.1) is 0 Å². The quantitative estimate of drug-likeness (QED) is 0.453. The van der Waals surface area contributed by atoms with E-state index >= 15 is 0 Å². The second-order valence-electron chi connectivity index (χ2n) is 5.61. The normalized spacial score (nSPS) is 13.4. The largest absolute Gasteiger partial charge is 0.467 e. The van der Waals surface area contributed by atoms with Gasteiger partial charge in [-0.2, -0.15) is 13.2 Å². The first-order valence-electron chi connectivity index (χ1n) is 7.61. The van der Waals surface area contributed by atoms with Gasteiger partial charge in [-0.05, 0) is 24.3 Å². The molecule has 2 aromatic rings. The molecule has 0 saturated heterocycles. The van der Waals surface area contributed by atoms with Gasteiger partial charge in [0, 0.05) is 23.3 Å². The molecule has 0 N–H and O–H groups in total. The average molecular weight is 383 g/mol. The fourth-order valence-corrected chi connectivity index (χ4v) is 2.52. The third kappa shape index (κ3) is 4.17. The van der Waals surface area contributed by atoms with Crippen LogP contribution in [0.15, 0.2) is 36.4 Å². The summed E-state index contributed by atoms with van der Waals surface area (Å²) in [6, 6.07) is 6.05. The standard InChI is InChI=1S/C17H12F3NO6/c18-17(19,20)13-3-1-10(2-4-13)16(22)26-8-12-6-14(21(23)24)5-11-7-25-9-27-15(11)12/h1-6H,7-9H2. The number of hydrogen-bond donors (Lipinski definition) is 0. The van der Waals surface area contributed by atoms with E-state index in [0.717, 1.165) is 24.3 Å². The van der Waals surface area contributed by atoms with E-state index in [-0.39, 0.29) is 36.8 Å². The third-order valence-electron chi connectivity index (χ3n) is 3.79. The molecule has 1 heterocycles. The molecule has 0 atom stereocenters. The molecule has 142 valence electrons. The summed E-state index contributed by atoms with van der Waals surface area (Å²) < 4.78 is 53.1. The van der Waals surface area contributed by atoms with Gasteiger partial charge in [0.25, 0.3) is 5.69 Å². The number of halogens is 3. The van der Waals surface area contributed by atoms with E-state index in [1.807, 2.05) is 0 Å². The highest BCUT2D eigenvalue weighted by atomic mass is 19.4. The van der Waals surface area contributed by atoms with Crippen molar-refractivity contribution in [2.75, 3.05) is 6.79 Å². The van der Waals surface area contributed by atoms with Gasteiger partial charge in [-0.3, -0.25) is 10.1 Å². The zero-order chi connectivity index (χ0) is 19.6. The molecular formula is C17H12F3NO6. The molecule has 7 nitrogen and oxygen atoms in total. The minimum absolute atomic E-state index is 0.0509. The van der Waals surface area contributed by atoms with Crippen molar-refractivity contribution >= 4 is 11.7 Å². The van der Waals surface area contributed by atoms with Crippen LogP contribution in [0.1, 0.15) is 27.0 Å². The number of nitro benzene ring substituents is 1. The predicted molar refractivity (Wildman–Crippen MR) is 83.9 cm³/mol. The van der Waals surface area contributed by atoms with E-state index in [9.17, 15) is 28.1 Å². The number of esters is 1. The zero-order valence-electron chi connectivity index (χ0n) is 13.6. The summed E-state index contributed by atoms with van der Waals surface area (Å²) in [5, 5.41) is 11.0. The lowest BCUT2D eigenvalue weighted by molar-refractivity contribution is -0.385. The minimum atomic E-state index is -4.51. The highest BCUT2D eigenvalue weighted by molar-refractivity contribution is 5.89. The number of carbonyl (C=O) groups is 1. The van der Waals surface area contributed by atoms with Crippen LogP contribution in [0, 0.1) is 10.1 Å². The second-order valence-corrected chi connectivity index (χ2v) is 5.61. The Balaban J connectivity index is 1.77. The van der Waals surface area contributed by atoms with Crippen LogP contribution in [0.3, 0.4) is 0 Å². The number of nitrogens with zero attached hydrogens (tertiary/aromatic N) is 1. The Morgan fingerprint density at radius 2 is 1.93 bits per heavy atom. The Morgan fingerprint density at radius 1 is 1.22 bits per heavy atom. The highest BCUT2D eigenvalue weighted by Crippen LogP contribution is 2.33. The van der Waals surface area contributed by atoms with Crippen LogP contribution in [0.2, 0.25) is 0 Å². The summed E-state index contributed by atoms with van der Waals surface area (Å²) in [7, 11) is 0. The first-order valence-corrected chi connectivity index (χ1v) is 7.61. The van der Waals surface area contributed by atoms with Crippen LogP contribution < -0.4 is 4.74 Å². The number of nitro groups is 1. The molecule has 3 rings (SSSR count). The lowest BCUT2D eigenvalue weighted by Gasteiger charge is -2.20. The van der Waals surface area contributed by atoms with Crippen molar-refractivity contribution in [2.24, 2.45) is 0 Å². The Hall–Kier alpha value is -3.14. The maximum atomic E-state index is 12.6. The Bertz CT molecular complexity index is 879. The molecule has 0 aliphatic carbocycles. The van der Waals surface area contributed by atoms with Crippen molar-refractivity contribution in [3.63, 3.8) is 0 Å². The number of hydrogen-bond acceptors (Lipinski definition) is 6. The minimum Gasteiger partial charge on any atom is -0.467 e. The number of alkyl halides is 3. The van der Waals surface area contributed by atoms with Crippen molar-refractivity contribution < 1.29 is 37.1 Å². The van der Waals surface area contributed by atoms with Crippen molar-refractivity contribution in [3.8, 4) is 5.75 Å². The van der Waals surface area contributed by atoms with Gasteiger partial charge >= 0.3 is 12.1 Å². The van der Waals surface area contributed by atoms with E-state index in [2.05, 4.69) is 0 Å². The molecule has 0 fully saturated rings. The maximum absolute atomic E-state index is 12.6. The average Bonchev–Trinajstić information content (AvgIpc) is 2.65. The molecule has 1 aliphatic rings. The maximum Gasteiger partial charge on any atom is 0.416 e. The van der Waals surface area contributed by atoms with Gasteiger partial charge in [-0.25, -0.2) is 4.79 Å². The molecule has 10 heteroatoms. The van der Waals surface area contributed by atoms with E-state index < -0.39 is 22.6 Å². The summed E-state index contributed by atoms with van der Waals surface area (Å²) in [6.45, 7) is -0.286. The number of rotatable bonds is 4. The van der Waals surface area contributed by atoms with Crippen molar-refractivity contribution in [2.45, 2.75) is 19.4 Å². The molecular weight excluding hydrogens is 371 g/mol. The van der Waals surface area contributed by atoms with E-state index in [1.54, 1.807) is 0 Å². The first kappa shape index (κ1) is 18.6. The number of ether oxygens (including phenoxy) is 3. The van der Waals surface area contributed by atoms with E-state index in [0.29, 0.717) is 11.3 Å². The number of benzene rings is 2. The monoisotopic (exact) mass is 383 g/mol. The Labute approximate surface area is 150 Å². The Morgan fingerprint density at radius 3 is 2.56 bits per heavy atom. The fourth-order valence-electron chi connectivity index (χ4n) is 2.52. The van der Waals surface area contributed by atoms with Crippen LogP contribution in [0.4, 0.5) is 18.9 Å². The topological polar surface area (TPSA) is 87.9 Å². The molecule has 0 bridgehead atoms. The second kappa shape index (κ2) is 7.23. The number of carbonyl (C=O) groups excluding carboxylic acids is 1. The van der Waals surface area contributed by atoms with Crippen LogP contribution in [0.5, 0.6) is 5.75 Å². The van der Waals surface area contributed by atoms with Crippen LogP contribution in [-0.2, 0) is 28.9 Å². The molecule has 1 aliphatic heterocycles. The van der Waals surface area contributed by atoms with Crippen molar-refractivity contribution in [1.29, 1.82) is 0 Å². The van der Waals surface area contributed by atoms with Gasteiger partial charge in [0.2, 0.25) is 0 Å². The molecule has 0 spiro atoms. The Kier molecular flexibility index (Phi) is 5.00. The molecule has 0 amide bonds. The predicted octanol–water partition coefficient (Wildman–Crippen LogP) is 3.84. The SMILES string of the molecule is O=C(OCc1cc([N+](=O)[O-])cc2c1OCOC2)c1ccc(C(F)(F)F)cc1. The molecule has 27 heavy (non-hydrogen) atoms. The van der Waals surface area contributed by atoms with E-state index in [1.165, 1.54) is 12.1 Å². The fraction of sp³-hybridized carbons (Fsp3) is 0.235. The summed E-state index contributed by atoms with van der Waals surface area (Å²) in [5.41, 5.74) is -0.478. The zero-order valence-corrected chi connectivity index (χ0v) is 13.6. The van der Waals surface area contributed by atoms with Gasteiger partial charge in [0.15, 0.2) is 6.79 Å². The van der Waals surface area contributed by atoms with E-state index in [4.69, 9.17) is 14.2 Å². The van der Waals surface area contributed by atoms with Crippen molar-refractivity contribution in [3.05, 3.63) is 68.8 Å². The van der Waals surface area contributed by atoms with Crippen LogP contribution in [-0.4, -0.2) is 17.7 Å². The molecule has 0 radical (unpaired) electrons. The van der Waals surface area contributed by atoms with Gasteiger partial charge in [0.05, 0.1) is 22.7 Å². The first-order chi connectivity index (χ1) is 12.8. The van der Waals surface area contributed by atoms with Gasteiger partial charge in [0.1, 0.15) is 12.4 Å². The summed E-state index contributed by atoms with van der Waals surface area (Å²) >= 11 is 0. The smallest absolute Gasteiger partial charge is 0.416 e. The van der Waals surface area contributed by atoms with Crippen LogP contribution in [0.25, 0.3) is 0 Å². The summed E-state index contributed by atoms with van der Waals surface area (Å²) in [4.78, 5) is 22.5. The van der Waals surface area contributed by atoms with Crippen LogP contribution >= 0.6 is 0 Å². The third-order valence-corrected chi connectivity index (χ3v) is 3.79. The summed E-state index contributed by atoms with van der Waals surface area (Å²) in [5.74, 6) is -0.539. The molecule has 0 saturated carbocycles.